The van der Waals surface area contributed by atoms with Crippen molar-refractivity contribution in [3.63, 3.8) is 0 Å². The van der Waals surface area contributed by atoms with Crippen LogP contribution in [-0.4, -0.2) is 49.0 Å². The smallest absolute Gasteiger partial charge is 0.319 e. The molecule has 2 aromatic rings. The summed E-state index contributed by atoms with van der Waals surface area (Å²) in [5, 5.41) is 17.9. The van der Waals surface area contributed by atoms with Crippen LogP contribution in [0.4, 0.5) is 16.2 Å². The Morgan fingerprint density at radius 3 is 2.53 bits per heavy atom. The molecule has 4 N–H and O–H groups in total. The Kier molecular flexibility index (Phi) is 7.42. The molecule has 2 aromatic carbocycles. The molecule has 8 nitrogen and oxygen atoms in total. The molecule has 0 fully saturated rings. The quantitative estimate of drug-likeness (QED) is 0.524. The lowest BCUT2D eigenvalue weighted by Crippen LogP contribution is -2.50. The third kappa shape index (κ3) is 6.07. The van der Waals surface area contributed by atoms with Gasteiger partial charge in [0.25, 0.3) is 0 Å². The molecule has 3 rings (SSSR count). The number of hydrogen-bond acceptors (Lipinski definition) is 5. The van der Waals surface area contributed by atoms with Crippen molar-refractivity contribution in [1.29, 1.82) is 0 Å². The maximum atomic E-state index is 12.3. The summed E-state index contributed by atoms with van der Waals surface area (Å²) in [5.74, 6) is 0.424. The highest BCUT2D eigenvalue weighted by Crippen LogP contribution is 2.19. The van der Waals surface area contributed by atoms with Gasteiger partial charge in [0.05, 0.1) is 32.3 Å². The van der Waals surface area contributed by atoms with E-state index in [0.717, 1.165) is 0 Å². The average Bonchev–Trinajstić information content (AvgIpc) is 2.75. The monoisotopic (exact) mass is 411 g/mol. The van der Waals surface area contributed by atoms with E-state index in [1.165, 1.54) is 0 Å². The second-order valence-electron chi connectivity index (χ2n) is 6.75. The van der Waals surface area contributed by atoms with Gasteiger partial charge in [-0.15, -0.1) is 0 Å². The molecule has 0 aromatic heterocycles. The van der Waals surface area contributed by atoms with Crippen LogP contribution in [0.3, 0.4) is 0 Å². The van der Waals surface area contributed by atoms with E-state index < -0.39 is 24.3 Å². The lowest BCUT2D eigenvalue weighted by Gasteiger charge is -2.31. The third-order valence-electron chi connectivity index (χ3n) is 4.53. The van der Waals surface area contributed by atoms with Crippen molar-refractivity contribution < 1.29 is 24.2 Å². The first-order valence-corrected chi connectivity index (χ1v) is 9.58. The summed E-state index contributed by atoms with van der Waals surface area (Å²) in [7, 11) is 1.55. The molecule has 0 saturated carbocycles. The Labute approximate surface area is 174 Å². The van der Waals surface area contributed by atoms with E-state index in [2.05, 4.69) is 16.0 Å². The van der Waals surface area contributed by atoms with Crippen LogP contribution in [0, 0.1) is 0 Å². The molecule has 30 heavy (non-hydrogen) atoms. The molecule has 0 saturated heterocycles. The number of methoxy groups -OCH3 is 1. The summed E-state index contributed by atoms with van der Waals surface area (Å²) in [5.41, 5.74) is 1.28. The van der Waals surface area contributed by atoms with E-state index in [4.69, 9.17) is 9.47 Å². The standard InChI is InChI=1S/C22H25N3O5/c1-29-17-9-5-8-16(12-17)24-22(28)25-19-11-10-18(30-20(19)14-26)13-21(27)23-15-6-3-2-4-7-15/h2-12,18-20,26H,13-14H2,1H3,(H,23,27)(H2,24,25,28)/t18-,19+,20+/m0/s1. The predicted molar refractivity (Wildman–Crippen MR) is 114 cm³/mol. The topological polar surface area (TPSA) is 109 Å². The minimum Gasteiger partial charge on any atom is -0.497 e. The summed E-state index contributed by atoms with van der Waals surface area (Å²) in [6.45, 7) is -0.300. The van der Waals surface area contributed by atoms with E-state index >= 15 is 0 Å². The first kappa shape index (κ1) is 21.4. The largest absolute Gasteiger partial charge is 0.497 e. The number of amides is 3. The lowest BCUT2D eigenvalue weighted by molar-refractivity contribution is -0.120. The van der Waals surface area contributed by atoms with Crippen LogP contribution in [-0.2, 0) is 9.53 Å². The minimum atomic E-state index is -0.666. The Balaban J connectivity index is 1.54. The highest BCUT2D eigenvalue weighted by Gasteiger charge is 2.29. The Hall–Kier alpha value is -3.36. The third-order valence-corrected chi connectivity index (χ3v) is 4.53. The molecule has 0 unspecified atom stereocenters. The normalized spacial score (nSPS) is 20.3. The van der Waals surface area contributed by atoms with E-state index in [-0.39, 0.29) is 18.9 Å². The summed E-state index contributed by atoms with van der Waals surface area (Å²) in [6.07, 6.45) is 2.39. The number of ether oxygens (including phenoxy) is 2. The van der Waals surface area contributed by atoms with Gasteiger partial charge >= 0.3 is 6.03 Å². The number of urea groups is 1. The SMILES string of the molecule is COc1cccc(NC(=O)N[C@@H]2C=C[C@@H](CC(=O)Nc3ccccc3)O[C@@H]2CO)c1. The fourth-order valence-corrected chi connectivity index (χ4v) is 3.07. The molecule has 0 radical (unpaired) electrons. The number of carbonyl (C=O) groups is 2. The minimum absolute atomic E-state index is 0.102. The van der Waals surface area contributed by atoms with Crippen molar-refractivity contribution in [3.8, 4) is 5.75 Å². The molecular formula is C22H25N3O5. The highest BCUT2D eigenvalue weighted by atomic mass is 16.5. The van der Waals surface area contributed by atoms with E-state index in [0.29, 0.717) is 17.1 Å². The second kappa shape index (κ2) is 10.4. The molecule has 3 amide bonds. The van der Waals surface area contributed by atoms with Gasteiger partial charge in [-0.3, -0.25) is 4.79 Å². The van der Waals surface area contributed by atoms with Crippen molar-refractivity contribution in [2.75, 3.05) is 24.4 Å². The van der Waals surface area contributed by atoms with E-state index in [1.807, 2.05) is 18.2 Å². The number of benzene rings is 2. The fourth-order valence-electron chi connectivity index (χ4n) is 3.07. The molecule has 8 heteroatoms. The average molecular weight is 411 g/mol. The number of nitrogens with one attached hydrogen (secondary N) is 3. The van der Waals surface area contributed by atoms with E-state index in [1.54, 1.807) is 55.7 Å². The molecule has 0 spiro atoms. The number of rotatable bonds is 7. The van der Waals surface area contributed by atoms with Gasteiger partial charge in [-0.2, -0.15) is 0 Å². The molecule has 0 bridgehead atoms. The number of para-hydroxylation sites is 1. The van der Waals surface area contributed by atoms with Gasteiger partial charge in [0.2, 0.25) is 5.91 Å². The van der Waals surface area contributed by atoms with Gasteiger partial charge in [0.1, 0.15) is 11.9 Å². The Morgan fingerprint density at radius 1 is 1.03 bits per heavy atom. The number of hydrogen-bond donors (Lipinski definition) is 4. The summed E-state index contributed by atoms with van der Waals surface area (Å²) in [4.78, 5) is 24.5. The van der Waals surface area contributed by atoms with Crippen molar-refractivity contribution in [1.82, 2.24) is 5.32 Å². The van der Waals surface area contributed by atoms with Crippen LogP contribution in [0.15, 0.2) is 66.7 Å². The van der Waals surface area contributed by atoms with Crippen LogP contribution < -0.4 is 20.7 Å². The van der Waals surface area contributed by atoms with Crippen LogP contribution in [0.25, 0.3) is 0 Å². The zero-order valence-corrected chi connectivity index (χ0v) is 16.6. The van der Waals surface area contributed by atoms with Gasteiger partial charge in [0, 0.05) is 17.4 Å². The van der Waals surface area contributed by atoms with Crippen LogP contribution >= 0.6 is 0 Å². The fraction of sp³-hybridized carbons (Fsp3) is 0.273. The first-order chi connectivity index (χ1) is 14.6. The molecule has 1 aliphatic heterocycles. The number of carbonyl (C=O) groups excluding carboxylic acids is 2. The zero-order chi connectivity index (χ0) is 21.3. The molecule has 1 heterocycles. The lowest BCUT2D eigenvalue weighted by atomic mass is 10.0. The van der Waals surface area contributed by atoms with Crippen molar-refractivity contribution >= 4 is 23.3 Å². The van der Waals surface area contributed by atoms with Crippen molar-refractivity contribution in [2.45, 2.75) is 24.7 Å². The van der Waals surface area contributed by atoms with Gasteiger partial charge in [0.15, 0.2) is 0 Å². The summed E-state index contributed by atoms with van der Waals surface area (Å²) >= 11 is 0. The van der Waals surface area contributed by atoms with Gasteiger partial charge in [-0.05, 0) is 24.3 Å². The zero-order valence-electron chi connectivity index (χ0n) is 16.6. The second-order valence-corrected chi connectivity index (χ2v) is 6.75. The summed E-state index contributed by atoms with van der Waals surface area (Å²) < 4.78 is 10.9. The highest BCUT2D eigenvalue weighted by molar-refractivity contribution is 5.91. The van der Waals surface area contributed by atoms with Gasteiger partial charge < -0.3 is 30.5 Å². The molecule has 0 aliphatic carbocycles. The molecule has 3 atom stereocenters. The van der Waals surface area contributed by atoms with Crippen LogP contribution in [0.5, 0.6) is 5.75 Å². The number of aliphatic hydroxyl groups excluding tert-OH is 1. The van der Waals surface area contributed by atoms with Gasteiger partial charge in [-0.1, -0.05) is 36.4 Å². The van der Waals surface area contributed by atoms with Crippen molar-refractivity contribution in [2.24, 2.45) is 0 Å². The molecule has 158 valence electrons. The van der Waals surface area contributed by atoms with Crippen LogP contribution in [0.2, 0.25) is 0 Å². The maximum Gasteiger partial charge on any atom is 0.319 e. The number of anilines is 2. The molecular weight excluding hydrogens is 386 g/mol. The predicted octanol–water partition coefficient (Wildman–Crippen LogP) is 2.53. The van der Waals surface area contributed by atoms with Crippen LogP contribution in [0.1, 0.15) is 6.42 Å². The van der Waals surface area contributed by atoms with Crippen molar-refractivity contribution in [3.05, 3.63) is 66.7 Å². The summed E-state index contributed by atoms with van der Waals surface area (Å²) in [6, 6.07) is 15.1. The maximum absolute atomic E-state index is 12.3. The molecule has 1 aliphatic rings. The van der Waals surface area contributed by atoms with Gasteiger partial charge in [-0.25, -0.2) is 4.79 Å². The van der Waals surface area contributed by atoms with E-state index in [9.17, 15) is 14.7 Å². The number of aliphatic hydroxyl groups is 1. The first-order valence-electron chi connectivity index (χ1n) is 9.58. The Bertz CT molecular complexity index is 887. The Morgan fingerprint density at radius 2 is 1.80 bits per heavy atom.